The second kappa shape index (κ2) is 7.99. The lowest BCUT2D eigenvalue weighted by Gasteiger charge is -2.11. The quantitative estimate of drug-likeness (QED) is 0.784. The highest BCUT2D eigenvalue weighted by Gasteiger charge is 2.27. The number of carbonyl (C=O) groups is 1. The summed E-state index contributed by atoms with van der Waals surface area (Å²) in [4.78, 5) is 13.4. The van der Waals surface area contributed by atoms with Gasteiger partial charge in [0.05, 0.1) is 18.0 Å². The van der Waals surface area contributed by atoms with Crippen molar-refractivity contribution in [3.63, 3.8) is 0 Å². The van der Waals surface area contributed by atoms with Crippen molar-refractivity contribution in [3.8, 4) is 0 Å². The van der Waals surface area contributed by atoms with Gasteiger partial charge in [0.25, 0.3) is 0 Å². The summed E-state index contributed by atoms with van der Waals surface area (Å²) in [6, 6.07) is 8.25. The lowest BCUT2D eigenvalue weighted by molar-refractivity contribution is -0.120. The molecule has 3 rings (SSSR count). The van der Waals surface area contributed by atoms with Gasteiger partial charge in [-0.2, -0.15) is 0 Å². The van der Waals surface area contributed by atoms with Crippen molar-refractivity contribution in [2.75, 3.05) is 26.4 Å². The molecular weight excluding hydrogens is 298 g/mol. The number of fused-ring (bicyclic) bond motifs is 1. The van der Waals surface area contributed by atoms with E-state index in [1.807, 2.05) is 12.1 Å². The van der Waals surface area contributed by atoms with Crippen LogP contribution in [0.2, 0.25) is 0 Å². The fourth-order valence-electron chi connectivity index (χ4n) is 2.82. The number of carbonyl (C=O) groups excluding carboxylic acids is 1. The van der Waals surface area contributed by atoms with Crippen molar-refractivity contribution in [2.24, 2.45) is 0 Å². The molecule has 1 fully saturated rings. The molecule has 0 radical (unpaired) electrons. The highest BCUT2D eigenvalue weighted by molar-refractivity contribution is 8.01. The fourth-order valence-corrected chi connectivity index (χ4v) is 4.04. The lowest BCUT2D eigenvalue weighted by Crippen LogP contribution is -2.33. The second-order valence-electron chi connectivity index (χ2n) is 5.77. The molecular formula is C17H23NO3S. The van der Waals surface area contributed by atoms with Crippen LogP contribution >= 0.6 is 11.8 Å². The van der Waals surface area contributed by atoms with Gasteiger partial charge in [0.1, 0.15) is 0 Å². The maximum Gasteiger partial charge on any atom is 0.233 e. The van der Waals surface area contributed by atoms with Gasteiger partial charge in [-0.05, 0) is 37.3 Å². The standard InChI is InChI=1S/C17H23NO3S/c19-17(16-11-13-5-1-2-7-15(13)22-16)18-8-4-9-20-12-14-6-3-10-21-14/h1-2,5,7,14,16H,3-4,6,8-12H2,(H,18,19)/t14-,16-/m1/s1. The number of thioether (sulfide) groups is 1. The Hall–Kier alpha value is -1.04. The van der Waals surface area contributed by atoms with E-state index in [-0.39, 0.29) is 17.3 Å². The van der Waals surface area contributed by atoms with E-state index in [1.165, 1.54) is 10.5 Å². The van der Waals surface area contributed by atoms with Gasteiger partial charge >= 0.3 is 0 Å². The van der Waals surface area contributed by atoms with E-state index >= 15 is 0 Å². The Morgan fingerprint density at radius 2 is 2.32 bits per heavy atom. The predicted octanol–water partition coefficient (Wildman–Crippen LogP) is 2.41. The maximum atomic E-state index is 12.2. The Morgan fingerprint density at radius 3 is 3.14 bits per heavy atom. The zero-order chi connectivity index (χ0) is 15.2. The summed E-state index contributed by atoms with van der Waals surface area (Å²) < 4.78 is 11.1. The van der Waals surface area contributed by atoms with Crippen LogP contribution in [0.15, 0.2) is 29.2 Å². The monoisotopic (exact) mass is 321 g/mol. The number of hydrogen-bond donors (Lipinski definition) is 1. The van der Waals surface area contributed by atoms with Crippen LogP contribution in [0.1, 0.15) is 24.8 Å². The molecule has 0 saturated carbocycles. The maximum absolute atomic E-state index is 12.2. The molecule has 0 aromatic heterocycles. The van der Waals surface area contributed by atoms with Crippen LogP contribution in [0.25, 0.3) is 0 Å². The third-order valence-corrected chi connectivity index (χ3v) is 5.35. The van der Waals surface area contributed by atoms with Crippen molar-refractivity contribution < 1.29 is 14.3 Å². The first-order valence-corrected chi connectivity index (χ1v) is 8.92. The molecule has 1 amide bonds. The molecule has 1 aromatic rings. The first-order chi connectivity index (χ1) is 10.8. The molecule has 1 saturated heterocycles. The van der Waals surface area contributed by atoms with Gasteiger partial charge in [-0.25, -0.2) is 0 Å². The number of benzene rings is 1. The van der Waals surface area contributed by atoms with Crippen molar-refractivity contribution in [1.82, 2.24) is 5.32 Å². The summed E-state index contributed by atoms with van der Waals surface area (Å²) in [6.45, 7) is 2.91. The van der Waals surface area contributed by atoms with Gasteiger partial charge in [-0.3, -0.25) is 4.79 Å². The smallest absolute Gasteiger partial charge is 0.233 e. The number of rotatable bonds is 7. The number of nitrogens with one attached hydrogen (secondary N) is 1. The lowest BCUT2D eigenvalue weighted by atomic mass is 10.1. The molecule has 22 heavy (non-hydrogen) atoms. The van der Waals surface area contributed by atoms with E-state index < -0.39 is 0 Å². The van der Waals surface area contributed by atoms with Crippen LogP contribution in [0.3, 0.4) is 0 Å². The number of hydrogen-bond acceptors (Lipinski definition) is 4. The van der Waals surface area contributed by atoms with Gasteiger partial charge in [0.15, 0.2) is 0 Å². The molecule has 120 valence electrons. The zero-order valence-electron chi connectivity index (χ0n) is 12.8. The highest BCUT2D eigenvalue weighted by Crippen LogP contribution is 2.36. The number of ether oxygens (including phenoxy) is 2. The van der Waals surface area contributed by atoms with Crippen LogP contribution in [-0.4, -0.2) is 43.6 Å². The van der Waals surface area contributed by atoms with E-state index in [9.17, 15) is 4.79 Å². The molecule has 2 atom stereocenters. The van der Waals surface area contributed by atoms with Gasteiger partial charge in [0.2, 0.25) is 5.91 Å². The minimum absolute atomic E-state index is 0.0187. The molecule has 4 nitrogen and oxygen atoms in total. The summed E-state index contributed by atoms with van der Waals surface area (Å²) in [5, 5.41) is 3.04. The van der Waals surface area contributed by atoms with E-state index in [2.05, 4.69) is 17.4 Å². The normalized spacial score (nSPS) is 23.5. The third-order valence-electron chi connectivity index (χ3n) is 4.03. The van der Waals surface area contributed by atoms with Crippen LogP contribution in [0.4, 0.5) is 0 Å². The zero-order valence-corrected chi connectivity index (χ0v) is 13.6. The Bertz CT molecular complexity index is 477. The first-order valence-electron chi connectivity index (χ1n) is 8.04. The molecule has 0 aliphatic carbocycles. The fraction of sp³-hybridized carbons (Fsp3) is 0.588. The average Bonchev–Trinajstić information content (AvgIpc) is 3.19. The average molecular weight is 321 g/mol. The second-order valence-corrected chi connectivity index (χ2v) is 7.02. The molecule has 2 aliphatic heterocycles. The predicted molar refractivity (Wildman–Crippen MR) is 87.2 cm³/mol. The minimum atomic E-state index is 0.0187. The summed E-state index contributed by atoms with van der Waals surface area (Å²) in [5.74, 6) is 0.139. The summed E-state index contributed by atoms with van der Waals surface area (Å²) in [6.07, 6.45) is 4.22. The largest absolute Gasteiger partial charge is 0.379 e. The van der Waals surface area contributed by atoms with E-state index in [0.717, 1.165) is 32.3 Å². The van der Waals surface area contributed by atoms with E-state index in [4.69, 9.17) is 9.47 Å². The van der Waals surface area contributed by atoms with Crippen molar-refractivity contribution in [3.05, 3.63) is 29.8 Å². The molecule has 5 heteroatoms. The van der Waals surface area contributed by atoms with Gasteiger partial charge in [-0.15, -0.1) is 11.8 Å². The van der Waals surface area contributed by atoms with Crippen LogP contribution in [0, 0.1) is 0 Å². The first kappa shape index (κ1) is 15.8. The van der Waals surface area contributed by atoms with Crippen molar-refractivity contribution >= 4 is 17.7 Å². The van der Waals surface area contributed by atoms with E-state index in [0.29, 0.717) is 19.8 Å². The van der Waals surface area contributed by atoms with Gasteiger partial charge in [0, 0.05) is 24.7 Å². The Balaban J connectivity index is 1.27. The van der Waals surface area contributed by atoms with Crippen LogP contribution < -0.4 is 5.32 Å². The topological polar surface area (TPSA) is 47.6 Å². The molecule has 0 bridgehead atoms. The summed E-state index contributed by atoms with van der Waals surface area (Å²) in [7, 11) is 0. The Morgan fingerprint density at radius 1 is 1.41 bits per heavy atom. The van der Waals surface area contributed by atoms with Crippen molar-refractivity contribution in [1.29, 1.82) is 0 Å². The van der Waals surface area contributed by atoms with Crippen LogP contribution in [-0.2, 0) is 20.7 Å². The van der Waals surface area contributed by atoms with Crippen LogP contribution in [0.5, 0.6) is 0 Å². The molecule has 1 aromatic carbocycles. The molecule has 0 spiro atoms. The third kappa shape index (κ3) is 4.24. The molecule has 2 heterocycles. The molecule has 0 unspecified atom stereocenters. The summed E-state index contributed by atoms with van der Waals surface area (Å²) in [5.41, 5.74) is 1.28. The highest BCUT2D eigenvalue weighted by atomic mass is 32.2. The van der Waals surface area contributed by atoms with Crippen molar-refractivity contribution in [2.45, 2.75) is 41.9 Å². The SMILES string of the molecule is O=C(NCCCOC[C@H]1CCCO1)[C@H]1Cc2ccccc2S1. The van der Waals surface area contributed by atoms with Gasteiger partial charge < -0.3 is 14.8 Å². The van der Waals surface area contributed by atoms with E-state index in [1.54, 1.807) is 11.8 Å². The number of amides is 1. The molecule has 1 N–H and O–H groups in total. The Kier molecular flexibility index (Phi) is 5.76. The molecule has 2 aliphatic rings. The summed E-state index contributed by atoms with van der Waals surface area (Å²) >= 11 is 1.67. The minimum Gasteiger partial charge on any atom is -0.379 e. The Labute approximate surface area is 135 Å². The van der Waals surface area contributed by atoms with Gasteiger partial charge in [-0.1, -0.05) is 18.2 Å².